The third-order valence-electron chi connectivity index (χ3n) is 2.15. The molecule has 1 N–H and O–H groups in total. The van der Waals surface area contributed by atoms with Crippen molar-refractivity contribution in [1.29, 1.82) is 0 Å². The molecule has 106 valence electrons. The number of carboxylic acids is 1. The lowest BCUT2D eigenvalue weighted by molar-refractivity contribution is -0.136. The van der Waals surface area contributed by atoms with E-state index in [2.05, 4.69) is 4.18 Å². The van der Waals surface area contributed by atoms with E-state index in [4.69, 9.17) is 5.11 Å². The Morgan fingerprint density at radius 3 is 2.37 bits per heavy atom. The van der Waals surface area contributed by atoms with Crippen LogP contribution >= 0.6 is 0 Å². The van der Waals surface area contributed by atoms with Crippen molar-refractivity contribution in [1.82, 2.24) is 0 Å². The van der Waals surface area contributed by atoms with Crippen LogP contribution in [0.4, 0.5) is 13.2 Å². The molecule has 0 unspecified atom stereocenters. The van der Waals surface area contributed by atoms with Crippen LogP contribution in [0.3, 0.4) is 0 Å². The van der Waals surface area contributed by atoms with E-state index in [1.54, 1.807) is 0 Å². The Morgan fingerprint density at radius 1 is 1.37 bits per heavy atom. The summed E-state index contributed by atoms with van der Waals surface area (Å²) in [4.78, 5) is 10.5. The highest BCUT2D eigenvalue weighted by Crippen LogP contribution is 2.28. The van der Waals surface area contributed by atoms with Gasteiger partial charge in [-0.2, -0.15) is 21.6 Å². The number of hydrogen-bond donors (Lipinski definition) is 1. The minimum absolute atomic E-state index is 0.317. The molecule has 0 aliphatic rings. The van der Waals surface area contributed by atoms with E-state index < -0.39 is 27.3 Å². The number of carbonyl (C=O) groups is 1. The number of aryl methyl sites for hydroxylation is 1. The van der Waals surface area contributed by atoms with E-state index in [-0.39, 0.29) is 6.42 Å². The molecule has 0 amide bonds. The number of halogens is 3. The molecule has 1 aromatic rings. The average molecular weight is 298 g/mol. The SMILES string of the molecule is Cc1cc(OS(=O)(=O)C(F)(F)F)ccc1CC(=O)O. The maximum Gasteiger partial charge on any atom is 0.534 e. The van der Waals surface area contributed by atoms with Gasteiger partial charge in [0.15, 0.2) is 0 Å². The molecule has 5 nitrogen and oxygen atoms in total. The van der Waals surface area contributed by atoms with E-state index in [1.165, 1.54) is 13.0 Å². The van der Waals surface area contributed by atoms with Crippen molar-refractivity contribution in [3.8, 4) is 5.75 Å². The molecule has 0 atom stereocenters. The van der Waals surface area contributed by atoms with Gasteiger partial charge < -0.3 is 9.29 Å². The molecule has 0 aromatic heterocycles. The summed E-state index contributed by atoms with van der Waals surface area (Å²) in [5, 5.41) is 8.58. The smallest absolute Gasteiger partial charge is 0.481 e. The topological polar surface area (TPSA) is 80.7 Å². The quantitative estimate of drug-likeness (QED) is 0.677. The molecule has 0 radical (unpaired) electrons. The lowest BCUT2D eigenvalue weighted by Gasteiger charge is -2.11. The standard InChI is InChI=1S/C10H9F3O5S/c1-6-4-8(3-2-7(6)5-9(14)15)18-19(16,17)10(11,12)13/h2-4H,5H2,1H3,(H,14,15). The maximum absolute atomic E-state index is 12.1. The van der Waals surface area contributed by atoms with Gasteiger partial charge in [0.25, 0.3) is 0 Å². The van der Waals surface area contributed by atoms with Crippen molar-refractivity contribution in [2.24, 2.45) is 0 Å². The fourth-order valence-electron chi connectivity index (χ4n) is 1.26. The summed E-state index contributed by atoms with van der Waals surface area (Å²) >= 11 is 0. The summed E-state index contributed by atoms with van der Waals surface area (Å²) in [5.41, 5.74) is -4.85. The number of rotatable bonds is 4. The van der Waals surface area contributed by atoms with E-state index in [1.807, 2.05) is 0 Å². The molecule has 1 aromatic carbocycles. The molecule has 1 rings (SSSR count). The van der Waals surface area contributed by atoms with Crippen molar-refractivity contribution in [2.75, 3.05) is 0 Å². The fourth-order valence-corrected chi connectivity index (χ4v) is 1.71. The number of carboxylic acid groups (broad SMARTS) is 1. The normalized spacial score (nSPS) is 12.2. The summed E-state index contributed by atoms with van der Waals surface area (Å²) in [7, 11) is -5.72. The van der Waals surface area contributed by atoms with Crippen molar-refractivity contribution < 1.29 is 35.7 Å². The van der Waals surface area contributed by atoms with E-state index in [9.17, 15) is 26.4 Å². The highest BCUT2D eigenvalue weighted by Gasteiger charge is 2.48. The predicted molar refractivity (Wildman–Crippen MR) is 58.1 cm³/mol. The van der Waals surface area contributed by atoms with Gasteiger partial charge in [0.05, 0.1) is 6.42 Å². The predicted octanol–water partition coefficient (Wildman–Crippen LogP) is 1.85. The average Bonchev–Trinajstić information content (AvgIpc) is 2.19. The molecule has 0 bridgehead atoms. The Kier molecular flexibility index (Phi) is 4.09. The fraction of sp³-hybridized carbons (Fsp3) is 0.300. The zero-order valence-corrected chi connectivity index (χ0v) is 10.4. The van der Waals surface area contributed by atoms with Crippen molar-refractivity contribution >= 4 is 16.1 Å². The first-order valence-electron chi connectivity index (χ1n) is 4.85. The summed E-state index contributed by atoms with van der Waals surface area (Å²) in [6.45, 7) is 1.44. The van der Waals surface area contributed by atoms with Crippen LogP contribution in [0.15, 0.2) is 18.2 Å². The molecular formula is C10H9F3O5S. The number of benzene rings is 1. The second-order valence-corrected chi connectivity index (χ2v) is 5.18. The minimum atomic E-state index is -5.72. The van der Waals surface area contributed by atoms with Crippen molar-refractivity contribution in [3.05, 3.63) is 29.3 Å². The molecule has 9 heteroatoms. The molecule has 0 aliphatic carbocycles. The molecule has 0 saturated carbocycles. The monoisotopic (exact) mass is 298 g/mol. The highest BCUT2D eigenvalue weighted by atomic mass is 32.2. The number of alkyl halides is 3. The second-order valence-electron chi connectivity index (χ2n) is 3.64. The van der Waals surface area contributed by atoms with Gasteiger partial charge in [-0.25, -0.2) is 0 Å². The van der Waals surface area contributed by atoms with Crippen LogP contribution in [-0.4, -0.2) is 25.0 Å². The van der Waals surface area contributed by atoms with Crippen LogP contribution in [0.25, 0.3) is 0 Å². The molecule has 0 aliphatic heterocycles. The molecule has 19 heavy (non-hydrogen) atoms. The Labute approximate surface area is 106 Å². The third kappa shape index (κ3) is 3.85. The van der Waals surface area contributed by atoms with Gasteiger partial charge in [0.1, 0.15) is 5.75 Å². The summed E-state index contributed by atoms with van der Waals surface area (Å²) in [6, 6.07) is 3.20. The van der Waals surface area contributed by atoms with Gasteiger partial charge in [-0.3, -0.25) is 4.79 Å². The van der Waals surface area contributed by atoms with Crippen LogP contribution in [0.5, 0.6) is 5.75 Å². The van der Waals surface area contributed by atoms with Crippen LogP contribution in [0.2, 0.25) is 0 Å². The van der Waals surface area contributed by atoms with Crippen molar-refractivity contribution in [2.45, 2.75) is 18.9 Å². The number of hydrogen-bond acceptors (Lipinski definition) is 4. The van der Waals surface area contributed by atoms with Gasteiger partial charge in [0, 0.05) is 0 Å². The lowest BCUT2D eigenvalue weighted by Crippen LogP contribution is -2.28. The minimum Gasteiger partial charge on any atom is -0.481 e. The van der Waals surface area contributed by atoms with Crippen LogP contribution in [0.1, 0.15) is 11.1 Å². The van der Waals surface area contributed by atoms with Crippen LogP contribution < -0.4 is 4.18 Å². The third-order valence-corrected chi connectivity index (χ3v) is 3.12. The lowest BCUT2D eigenvalue weighted by atomic mass is 10.1. The van der Waals surface area contributed by atoms with Gasteiger partial charge in [-0.15, -0.1) is 0 Å². The largest absolute Gasteiger partial charge is 0.534 e. The molecule has 0 fully saturated rings. The Hall–Kier alpha value is -1.77. The van der Waals surface area contributed by atoms with E-state index >= 15 is 0 Å². The van der Waals surface area contributed by atoms with Gasteiger partial charge >= 0.3 is 21.6 Å². The summed E-state index contributed by atoms with van der Waals surface area (Å²) in [5.74, 6) is -1.64. The second kappa shape index (κ2) is 5.08. The van der Waals surface area contributed by atoms with Gasteiger partial charge in [-0.05, 0) is 30.2 Å². The van der Waals surface area contributed by atoms with E-state index in [0.717, 1.165) is 12.1 Å². The highest BCUT2D eigenvalue weighted by molar-refractivity contribution is 7.87. The Balaban J connectivity index is 3.00. The van der Waals surface area contributed by atoms with E-state index in [0.29, 0.717) is 11.1 Å². The molecule has 0 heterocycles. The molecule has 0 spiro atoms. The van der Waals surface area contributed by atoms with Gasteiger partial charge in [0.2, 0.25) is 0 Å². The first-order valence-corrected chi connectivity index (χ1v) is 6.26. The Morgan fingerprint density at radius 2 is 1.95 bits per heavy atom. The summed E-state index contributed by atoms with van der Waals surface area (Å²) in [6.07, 6.45) is -0.321. The van der Waals surface area contributed by atoms with Crippen molar-refractivity contribution in [3.63, 3.8) is 0 Å². The number of aliphatic carboxylic acids is 1. The Bertz CT molecular complexity index is 592. The van der Waals surface area contributed by atoms with Gasteiger partial charge in [-0.1, -0.05) is 6.07 Å². The zero-order chi connectivity index (χ0) is 14.8. The maximum atomic E-state index is 12.1. The first kappa shape index (κ1) is 15.3. The van der Waals surface area contributed by atoms with Crippen LogP contribution in [0, 0.1) is 6.92 Å². The summed E-state index contributed by atoms with van der Waals surface area (Å²) < 4.78 is 61.7. The zero-order valence-electron chi connectivity index (χ0n) is 9.56. The van der Waals surface area contributed by atoms with Crippen LogP contribution in [-0.2, 0) is 21.3 Å². The first-order chi connectivity index (χ1) is 8.53. The molecular weight excluding hydrogens is 289 g/mol. The molecule has 0 saturated heterocycles.